The maximum absolute atomic E-state index is 12.2. The van der Waals surface area contributed by atoms with Gasteiger partial charge in [-0.2, -0.15) is 0 Å². The Balaban J connectivity index is 1.99. The zero-order valence-corrected chi connectivity index (χ0v) is 13.4. The molecule has 0 saturated carbocycles. The van der Waals surface area contributed by atoms with Crippen LogP contribution in [0.15, 0.2) is 28.8 Å². The first-order chi connectivity index (χ1) is 10.9. The summed E-state index contributed by atoms with van der Waals surface area (Å²) in [5.74, 6) is -0.491. The minimum atomic E-state index is -1.03. The lowest BCUT2D eigenvalue weighted by molar-refractivity contribution is -0.121. The van der Waals surface area contributed by atoms with Gasteiger partial charge in [0.15, 0.2) is 0 Å². The molecule has 2 N–H and O–H groups in total. The molecule has 0 radical (unpaired) electrons. The Kier molecular flexibility index (Phi) is 5.16. The number of nitrogens with zero attached hydrogens (tertiary/aromatic N) is 1. The lowest BCUT2D eigenvalue weighted by atomic mass is 10.0. The van der Waals surface area contributed by atoms with Crippen molar-refractivity contribution in [2.45, 2.75) is 39.7 Å². The number of amides is 1. The fourth-order valence-electron chi connectivity index (χ4n) is 2.53. The van der Waals surface area contributed by atoms with E-state index in [0.29, 0.717) is 12.0 Å². The standard InChI is InChI=1S/C17H20N2O4/c1-10(8-15-11(2)19-23-12(15)3)18-16(20)9-13-6-4-5-7-14(13)17(21)22/h4-7,10H,8-9H2,1-3H3,(H,18,20)(H,21,22). The summed E-state index contributed by atoms with van der Waals surface area (Å²) in [6.07, 6.45) is 0.655. The molecule has 0 aliphatic carbocycles. The van der Waals surface area contributed by atoms with Gasteiger partial charge < -0.3 is 14.9 Å². The highest BCUT2D eigenvalue weighted by molar-refractivity contribution is 5.91. The van der Waals surface area contributed by atoms with Crippen LogP contribution in [0.2, 0.25) is 0 Å². The van der Waals surface area contributed by atoms with Gasteiger partial charge in [0.2, 0.25) is 5.91 Å². The zero-order valence-electron chi connectivity index (χ0n) is 13.4. The average molecular weight is 316 g/mol. The summed E-state index contributed by atoms with van der Waals surface area (Å²) in [5.41, 5.74) is 2.46. The fourth-order valence-corrected chi connectivity index (χ4v) is 2.53. The third-order valence-corrected chi connectivity index (χ3v) is 3.70. The number of hydrogen-bond donors (Lipinski definition) is 2. The molecule has 1 unspecified atom stereocenters. The van der Waals surface area contributed by atoms with Crippen molar-refractivity contribution in [3.63, 3.8) is 0 Å². The van der Waals surface area contributed by atoms with Gasteiger partial charge >= 0.3 is 5.97 Å². The lowest BCUT2D eigenvalue weighted by Crippen LogP contribution is -2.35. The fraction of sp³-hybridized carbons (Fsp3) is 0.353. The predicted octanol–water partition coefficient (Wildman–Crippen LogP) is 2.28. The summed E-state index contributed by atoms with van der Waals surface area (Å²) in [7, 11) is 0. The van der Waals surface area contributed by atoms with Gasteiger partial charge in [0.25, 0.3) is 0 Å². The van der Waals surface area contributed by atoms with E-state index in [9.17, 15) is 9.59 Å². The second-order valence-electron chi connectivity index (χ2n) is 5.61. The zero-order chi connectivity index (χ0) is 17.0. The van der Waals surface area contributed by atoms with E-state index < -0.39 is 5.97 Å². The molecule has 1 aromatic carbocycles. The second-order valence-corrected chi connectivity index (χ2v) is 5.61. The molecule has 1 aromatic heterocycles. The largest absolute Gasteiger partial charge is 0.478 e. The van der Waals surface area contributed by atoms with Gasteiger partial charge in [-0.1, -0.05) is 23.4 Å². The van der Waals surface area contributed by atoms with Gasteiger partial charge in [0, 0.05) is 11.6 Å². The Morgan fingerprint density at radius 2 is 2.00 bits per heavy atom. The van der Waals surface area contributed by atoms with Crippen molar-refractivity contribution in [2.24, 2.45) is 0 Å². The summed E-state index contributed by atoms with van der Waals surface area (Å²) in [4.78, 5) is 23.3. The molecule has 0 aliphatic rings. The maximum atomic E-state index is 12.2. The Bertz CT molecular complexity index is 702. The topological polar surface area (TPSA) is 92.4 Å². The molecule has 122 valence electrons. The van der Waals surface area contributed by atoms with Crippen LogP contribution in [-0.2, 0) is 17.6 Å². The number of benzene rings is 1. The number of carboxylic acids is 1. The molecule has 1 atom stereocenters. The highest BCUT2D eigenvalue weighted by atomic mass is 16.5. The molecule has 2 rings (SSSR count). The highest BCUT2D eigenvalue weighted by Crippen LogP contribution is 2.15. The van der Waals surface area contributed by atoms with E-state index in [2.05, 4.69) is 10.5 Å². The lowest BCUT2D eigenvalue weighted by Gasteiger charge is -2.14. The third kappa shape index (κ3) is 4.18. The molecule has 0 saturated heterocycles. The molecule has 1 amide bonds. The molecule has 0 bridgehead atoms. The van der Waals surface area contributed by atoms with Crippen LogP contribution in [-0.4, -0.2) is 28.2 Å². The van der Waals surface area contributed by atoms with Crippen LogP contribution in [0.25, 0.3) is 0 Å². The first kappa shape index (κ1) is 16.7. The minimum Gasteiger partial charge on any atom is -0.478 e. The molecular formula is C17H20N2O4. The average Bonchev–Trinajstić information content (AvgIpc) is 2.79. The first-order valence-corrected chi connectivity index (χ1v) is 7.40. The van der Waals surface area contributed by atoms with Crippen molar-refractivity contribution in [2.75, 3.05) is 0 Å². The Labute approximate surface area is 134 Å². The second kappa shape index (κ2) is 7.09. The molecule has 23 heavy (non-hydrogen) atoms. The van der Waals surface area contributed by atoms with Crippen LogP contribution in [0.1, 0.15) is 39.9 Å². The number of aromatic carboxylic acids is 1. The van der Waals surface area contributed by atoms with Gasteiger partial charge in [-0.25, -0.2) is 4.79 Å². The van der Waals surface area contributed by atoms with E-state index in [1.54, 1.807) is 18.2 Å². The van der Waals surface area contributed by atoms with E-state index in [1.807, 2.05) is 20.8 Å². The summed E-state index contributed by atoms with van der Waals surface area (Å²) >= 11 is 0. The number of aromatic nitrogens is 1. The predicted molar refractivity (Wildman–Crippen MR) is 84.4 cm³/mol. The SMILES string of the molecule is Cc1noc(C)c1CC(C)NC(=O)Cc1ccccc1C(=O)O. The molecular weight excluding hydrogens is 296 g/mol. The van der Waals surface area contributed by atoms with Gasteiger partial charge in [0.05, 0.1) is 17.7 Å². The van der Waals surface area contributed by atoms with Crippen LogP contribution in [0.3, 0.4) is 0 Å². The van der Waals surface area contributed by atoms with Gasteiger partial charge in [0.1, 0.15) is 5.76 Å². The third-order valence-electron chi connectivity index (χ3n) is 3.70. The van der Waals surface area contributed by atoms with Crippen molar-refractivity contribution in [3.8, 4) is 0 Å². The Hall–Kier alpha value is -2.63. The van der Waals surface area contributed by atoms with Crippen LogP contribution in [0, 0.1) is 13.8 Å². The van der Waals surface area contributed by atoms with Crippen molar-refractivity contribution in [3.05, 3.63) is 52.4 Å². The van der Waals surface area contributed by atoms with Crippen molar-refractivity contribution in [1.82, 2.24) is 10.5 Å². The van der Waals surface area contributed by atoms with E-state index in [-0.39, 0.29) is 23.9 Å². The number of aryl methyl sites for hydroxylation is 2. The number of carbonyl (C=O) groups is 2. The number of carbonyl (C=O) groups excluding carboxylic acids is 1. The molecule has 6 heteroatoms. The number of nitrogens with one attached hydrogen (secondary N) is 1. The summed E-state index contributed by atoms with van der Waals surface area (Å²) < 4.78 is 5.11. The van der Waals surface area contributed by atoms with Crippen LogP contribution >= 0.6 is 0 Å². The molecule has 1 heterocycles. The number of rotatable bonds is 6. The maximum Gasteiger partial charge on any atom is 0.335 e. The molecule has 0 aliphatic heterocycles. The van der Waals surface area contributed by atoms with E-state index in [1.165, 1.54) is 6.07 Å². The minimum absolute atomic E-state index is 0.0361. The Morgan fingerprint density at radius 3 is 2.61 bits per heavy atom. The Morgan fingerprint density at radius 1 is 1.30 bits per heavy atom. The smallest absolute Gasteiger partial charge is 0.335 e. The summed E-state index contributed by atoms with van der Waals surface area (Å²) in [6, 6.07) is 6.42. The van der Waals surface area contributed by atoms with Crippen LogP contribution in [0.5, 0.6) is 0 Å². The van der Waals surface area contributed by atoms with E-state index in [4.69, 9.17) is 9.63 Å². The van der Waals surface area contributed by atoms with Crippen molar-refractivity contribution < 1.29 is 19.2 Å². The summed E-state index contributed by atoms with van der Waals surface area (Å²) in [5, 5.41) is 15.9. The molecule has 6 nitrogen and oxygen atoms in total. The quantitative estimate of drug-likeness (QED) is 0.853. The van der Waals surface area contributed by atoms with Crippen LogP contribution in [0.4, 0.5) is 0 Å². The first-order valence-electron chi connectivity index (χ1n) is 7.40. The van der Waals surface area contributed by atoms with Gasteiger partial charge in [-0.15, -0.1) is 0 Å². The van der Waals surface area contributed by atoms with Gasteiger partial charge in [-0.05, 0) is 38.8 Å². The molecule has 0 fully saturated rings. The van der Waals surface area contributed by atoms with Crippen molar-refractivity contribution >= 4 is 11.9 Å². The van der Waals surface area contributed by atoms with Gasteiger partial charge in [-0.3, -0.25) is 4.79 Å². The van der Waals surface area contributed by atoms with E-state index in [0.717, 1.165) is 17.0 Å². The number of carboxylic acid groups (broad SMARTS) is 1. The normalized spacial score (nSPS) is 12.0. The van der Waals surface area contributed by atoms with E-state index >= 15 is 0 Å². The van der Waals surface area contributed by atoms with Crippen molar-refractivity contribution in [1.29, 1.82) is 0 Å². The molecule has 2 aromatic rings. The van der Waals surface area contributed by atoms with Crippen LogP contribution < -0.4 is 5.32 Å². The summed E-state index contributed by atoms with van der Waals surface area (Å²) in [6.45, 7) is 5.60. The monoisotopic (exact) mass is 316 g/mol. The highest BCUT2D eigenvalue weighted by Gasteiger charge is 2.16. The number of hydrogen-bond acceptors (Lipinski definition) is 4. The molecule has 0 spiro atoms.